The Morgan fingerprint density at radius 3 is 1.31 bits per heavy atom. The van der Waals surface area contributed by atoms with E-state index in [4.69, 9.17) is 0 Å². The Labute approximate surface area is 259 Å². The summed E-state index contributed by atoms with van der Waals surface area (Å²) in [5.74, 6) is -7.64. The third-order valence-electron chi connectivity index (χ3n) is 5.47. The molecule has 0 saturated heterocycles. The molecule has 0 saturated carbocycles. The molecule has 0 aliphatic carbocycles. The zero-order chi connectivity index (χ0) is 22.1. The average molecular weight is 483 g/mol. The van der Waals surface area contributed by atoms with Gasteiger partial charge in [0.05, 0.1) is 5.97 Å². The van der Waals surface area contributed by atoms with E-state index in [1.54, 1.807) is 0 Å². The minimum Gasteiger partial charge on any atom is -0.550 e. The van der Waals surface area contributed by atoms with Crippen LogP contribution in [0, 0.1) is 5.92 Å². The first kappa shape index (κ1) is 40.5. The summed E-state index contributed by atoms with van der Waals surface area (Å²) in [6, 6.07) is 0. The molecule has 10 heteroatoms. The molecule has 0 aromatic heterocycles. The Hall–Kier alpha value is 1.37. The molecule has 0 aromatic carbocycles. The fraction of sp³-hybridized carbons (Fsp3) is 0.864. The van der Waals surface area contributed by atoms with Gasteiger partial charge in [-0.3, -0.25) is 0 Å². The number of aliphatic carboxylic acids is 3. The summed E-state index contributed by atoms with van der Waals surface area (Å²) in [7, 11) is 0. The number of unbranched alkanes of at least 4 members (excludes halogenated alkanes) is 13. The van der Waals surface area contributed by atoms with Crippen LogP contribution >= 0.6 is 0 Å². The van der Waals surface area contributed by atoms with E-state index in [2.05, 4.69) is 6.92 Å². The molecule has 0 aromatic rings. The Balaban J connectivity index is -0.00000131. The number of carboxylic acids is 3. The van der Waals surface area contributed by atoms with E-state index in [0.717, 1.165) is 19.3 Å². The van der Waals surface area contributed by atoms with E-state index >= 15 is 0 Å². The Bertz CT molecular complexity index is 492. The van der Waals surface area contributed by atoms with Crippen LogP contribution in [0.3, 0.4) is 0 Å². The average Bonchev–Trinajstić information content (AvgIpc) is 2.63. The predicted octanol–water partition coefficient (Wildman–Crippen LogP) is -8.14. The number of hydrogen-bond acceptors (Lipinski definition) is 7. The molecule has 0 rings (SSSR count). The van der Waals surface area contributed by atoms with Gasteiger partial charge in [0.25, 0.3) is 0 Å². The number of carboxylic acid groups (broad SMARTS) is 3. The van der Waals surface area contributed by atoms with Gasteiger partial charge >= 0.3 is 88.7 Å². The standard InChI is InChI=1S/C22H40O7.3Na/c1-2-3-4-5-6-7-8-9-10-11-12-13-14-15-16-18(20(25)26)22(29,21(27)28)17-19(23)24;;;/h18,29H,2-17H2,1H3,(H,23,24)(H,25,26)(H,27,28);;;/q;3*+1/p-3. The van der Waals surface area contributed by atoms with Gasteiger partial charge in [-0.05, 0) is 6.42 Å². The number of carbonyl (C=O) groups is 3. The van der Waals surface area contributed by atoms with Crippen molar-refractivity contribution in [2.45, 2.75) is 115 Å². The Morgan fingerprint density at radius 1 is 0.688 bits per heavy atom. The molecule has 2 unspecified atom stereocenters. The summed E-state index contributed by atoms with van der Waals surface area (Å²) in [6.45, 7) is 2.21. The first-order valence-corrected chi connectivity index (χ1v) is 11.1. The van der Waals surface area contributed by atoms with Gasteiger partial charge in [-0.2, -0.15) is 0 Å². The second kappa shape index (κ2) is 25.5. The van der Waals surface area contributed by atoms with E-state index in [9.17, 15) is 34.8 Å². The molecule has 0 radical (unpaired) electrons. The predicted molar refractivity (Wildman–Crippen MR) is 103 cm³/mol. The summed E-state index contributed by atoms with van der Waals surface area (Å²) in [6.07, 6.45) is 14.0. The largest absolute Gasteiger partial charge is 1.00 e. The van der Waals surface area contributed by atoms with Crippen molar-refractivity contribution in [3.05, 3.63) is 0 Å². The summed E-state index contributed by atoms with van der Waals surface area (Å²) >= 11 is 0. The van der Waals surface area contributed by atoms with Gasteiger partial charge in [0.2, 0.25) is 0 Å². The fourth-order valence-corrected chi connectivity index (χ4v) is 3.65. The van der Waals surface area contributed by atoms with Crippen molar-refractivity contribution in [3.63, 3.8) is 0 Å². The van der Waals surface area contributed by atoms with E-state index < -0.39 is 35.8 Å². The minimum absolute atomic E-state index is 0. The van der Waals surface area contributed by atoms with Crippen LogP contribution in [-0.4, -0.2) is 28.6 Å². The fourth-order valence-electron chi connectivity index (χ4n) is 3.65. The summed E-state index contributed by atoms with van der Waals surface area (Å²) in [5.41, 5.74) is -3.02. The topological polar surface area (TPSA) is 141 Å². The molecule has 170 valence electrons. The van der Waals surface area contributed by atoms with Crippen molar-refractivity contribution < 1.29 is 123 Å². The maximum atomic E-state index is 11.2. The van der Waals surface area contributed by atoms with E-state index in [1.807, 2.05) is 0 Å². The number of rotatable bonds is 20. The zero-order valence-electron chi connectivity index (χ0n) is 20.8. The van der Waals surface area contributed by atoms with Crippen molar-refractivity contribution in [2.24, 2.45) is 5.92 Å². The maximum Gasteiger partial charge on any atom is 1.00 e. The quantitative estimate of drug-likeness (QED) is 0.134. The minimum atomic E-state index is -3.02. The van der Waals surface area contributed by atoms with E-state index in [-0.39, 0.29) is 95.1 Å². The van der Waals surface area contributed by atoms with Crippen molar-refractivity contribution in [3.8, 4) is 0 Å². The van der Waals surface area contributed by atoms with Crippen LogP contribution in [0.15, 0.2) is 0 Å². The summed E-state index contributed by atoms with van der Waals surface area (Å²) in [5, 5.41) is 43.0. The van der Waals surface area contributed by atoms with E-state index in [1.165, 1.54) is 57.8 Å². The van der Waals surface area contributed by atoms with Crippen molar-refractivity contribution in [2.75, 3.05) is 0 Å². The van der Waals surface area contributed by atoms with Gasteiger partial charge in [0.15, 0.2) is 0 Å². The summed E-state index contributed by atoms with van der Waals surface area (Å²) in [4.78, 5) is 33.0. The van der Waals surface area contributed by atoms with Gasteiger partial charge in [-0.25, -0.2) is 0 Å². The molecule has 32 heavy (non-hydrogen) atoms. The third-order valence-corrected chi connectivity index (χ3v) is 5.47. The van der Waals surface area contributed by atoms with Gasteiger partial charge in [0.1, 0.15) is 5.60 Å². The number of hydrogen-bond donors (Lipinski definition) is 1. The molecule has 0 heterocycles. The van der Waals surface area contributed by atoms with Crippen LogP contribution in [0.5, 0.6) is 0 Å². The van der Waals surface area contributed by atoms with Crippen LogP contribution in [0.2, 0.25) is 0 Å². The molecule has 0 spiro atoms. The first-order chi connectivity index (χ1) is 13.8. The van der Waals surface area contributed by atoms with Gasteiger partial charge in [-0.1, -0.05) is 96.8 Å². The van der Waals surface area contributed by atoms with Crippen LogP contribution in [0.1, 0.15) is 110 Å². The monoisotopic (exact) mass is 482 g/mol. The second-order valence-corrected chi connectivity index (χ2v) is 8.02. The van der Waals surface area contributed by atoms with Gasteiger partial charge < -0.3 is 34.8 Å². The maximum absolute atomic E-state index is 11.2. The molecule has 1 N–H and O–H groups in total. The van der Waals surface area contributed by atoms with Crippen LogP contribution in [-0.2, 0) is 14.4 Å². The molecular formula is C22H37Na3O7. The van der Waals surface area contributed by atoms with Crippen molar-refractivity contribution in [1.29, 1.82) is 0 Å². The molecule has 2 atom stereocenters. The molecule has 7 nitrogen and oxygen atoms in total. The molecule has 0 bridgehead atoms. The van der Waals surface area contributed by atoms with Crippen molar-refractivity contribution in [1.82, 2.24) is 0 Å². The normalized spacial score (nSPS) is 12.9. The van der Waals surface area contributed by atoms with Crippen LogP contribution < -0.4 is 104 Å². The SMILES string of the molecule is CCCCCCCCCCCCCCCCC(C(=O)[O-])C(O)(CC(=O)[O-])C(=O)[O-].[Na+].[Na+].[Na+]. The molecular weight excluding hydrogens is 445 g/mol. The van der Waals surface area contributed by atoms with Gasteiger partial charge in [0, 0.05) is 24.3 Å². The zero-order valence-corrected chi connectivity index (χ0v) is 26.8. The van der Waals surface area contributed by atoms with Crippen LogP contribution in [0.4, 0.5) is 0 Å². The molecule has 0 amide bonds. The van der Waals surface area contributed by atoms with E-state index in [0.29, 0.717) is 12.8 Å². The first-order valence-electron chi connectivity index (χ1n) is 11.1. The number of carbonyl (C=O) groups excluding carboxylic acids is 3. The van der Waals surface area contributed by atoms with Crippen molar-refractivity contribution >= 4 is 17.9 Å². The molecule has 0 fully saturated rings. The number of aliphatic hydroxyl groups is 1. The second-order valence-electron chi connectivity index (χ2n) is 8.02. The van der Waals surface area contributed by atoms with Gasteiger partial charge in [-0.15, -0.1) is 0 Å². The smallest absolute Gasteiger partial charge is 0.550 e. The Kier molecular flexibility index (Phi) is 32.3. The Morgan fingerprint density at radius 2 is 1.03 bits per heavy atom. The summed E-state index contributed by atoms with van der Waals surface area (Å²) < 4.78 is 0. The molecule has 0 aliphatic rings. The third kappa shape index (κ3) is 19.7. The van der Waals surface area contributed by atoms with Crippen LogP contribution in [0.25, 0.3) is 0 Å². The molecule has 0 aliphatic heterocycles.